The van der Waals surface area contributed by atoms with Crippen molar-refractivity contribution >= 4 is 5.91 Å². The molecule has 2 aliphatic heterocycles. The second kappa shape index (κ2) is 6.44. The van der Waals surface area contributed by atoms with Gasteiger partial charge in [-0.3, -0.25) is 4.79 Å². The van der Waals surface area contributed by atoms with Gasteiger partial charge in [0, 0.05) is 19.1 Å². The van der Waals surface area contributed by atoms with Crippen molar-refractivity contribution in [3.8, 4) is 0 Å². The molecule has 1 N–H and O–H groups in total. The average molecular weight is 282 g/mol. The zero-order chi connectivity index (χ0) is 14.8. The Kier molecular flexibility index (Phi) is 5.08. The second-order valence-corrected chi connectivity index (χ2v) is 7.36. The highest BCUT2D eigenvalue weighted by Crippen LogP contribution is 2.34. The van der Waals surface area contributed by atoms with Crippen LogP contribution in [0.4, 0.5) is 0 Å². The van der Waals surface area contributed by atoms with E-state index in [0.717, 1.165) is 31.8 Å². The Morgan fingerprint density at radius 3 is 2.60 bits per heavy atom. The SMILES string of the molecule is CNC1COCC1C(=O)N1CCCC(C(C)(C)C)CC1. The molecule has 3 atom stereocenters. The summed E-state index contributed by atoms with van der Waals surface area (Å²) < 4.78 is 5.47. The number of likely N-dealkylation sites (tertiary alicyclic amines) is 1. The van der Waals surface area contributed by atoms with Crippen LogP contribution in [0, 0.1) is 17.3 Å². The van der Waals surface area contributed by atoms with Crippen LogP contribution >= 0.6 is 0 Å². The van der Waals surface area contributed by atoms with E-state index in [9.17, 15) is 4.79 Å². The first-order chi connectivity index (χ1) is 9.43. The van der Waals surface area contributed by atoms with Gasteiger partial charge in [0.2, 0.25) is 5.91 Å². The van der Waals surface area contributed by atoms with E-state index in [2.05, 4.69) is 31.0 Å². The van der Waals surface area contributed by atoms with E-state index in [1.165, 1.54) is 6.42 Å². The third-order valence-electron chi connectivity index (χ3n) is 5.03. The summed E-state index contributed by atoms with van der Waals surface area (Å²) in [5, 5.41) is 3.21. The number of ether oxygens (including phenoxy) is 1. The first-order valence-corrected chi connectivity index (χ1v) is 7.97. The third-order valence-corrected chi connectivity index (χ3v) is 5.03. The lowest BCUT2D eigenvalue weighted by Gasteiger charge is -2.30. The van der Waals surface area contributed by atoms with Crippen LogP contribution < -0.4 is 5.32 Å². The van der Waals surface area contributed by atoms with Gasteiger partial charge in [-0.05, 0) is 37.6 Å². The molecule has 0 aromatic carbocycles. The fourth-order valence-electron chi connectivity index (χ4n) is 3.50. The van der Waals surface area contributed by atoms with Gasteiger partial charge >= 0.3 is 0 Å². The monoisotopic (exact) mass is 282 g/mol. The maximum atomic E-state index is 12.7. The van der Waals surface area contributed by atoms with E-state index in [1.807, 2.05) is 7.05 Å². The van der Waals surface area contributed by atoms with Crippen LogP contribution in [0.15, 0.2) is 0 Å². The molecule has 2 saturated heterocycles. The summed E-state index contributed by atoms with van der Waals surface area (Å²) in [5.74, 6) is 1.02. The van der Waals surface area contributed by atoms with E-state index in [4.69, 9.17) is 4.74 Å². The minimum Gasteiger partial charge on any atom is -0.379 e. The number of carbonyl (C=O) groups is 1. The second-order valence-electron chi connectivity index (χ2n) is 7.36. The zero-order valence-corrected chi connectivity index (χ0v) is 13.4. The highest BCUT2D eigenvalue weighted by Gasteiger charge is 2.37. The Hall–Kier alpha value is -0.610. The molecule has 4 heteroatoms. The topological polar surface area (TPSA) is 41.6 Å². The molecule has 0 aliphatic carbocycles. The summed E-state index contributed by atoms with van der Waals surface area (Å²) in [5.41, 5.74) is 0.350. The molecule has 0 aromatic rings. The van der Waals surface area contributed by atoms with Gasteiger partial charge in [0.1, 0.15) is 0 Å². The minimum absolute atomic E-state index is 0.00573. The van der Waals surface area contributed by atoms with Crippen molar-refractivity contribution in [2.24, 2.45) is 17.3 Å². The molecule has 1 amide bonds. The third kappa shape index (κ3) is 3.53. The lowest BCUT2D eigenvalue weighted by Crippen LogP contribution is -2.45. The van der Waals surface area contributed by atoms with Crippen molar-refractivity contribution in [3.63, 3.8) is 0 Å². The first kappa shape index (κ1) is 15.8. The molecule has 0 saturated carbocycles. The standard InChI is InChI=1S/C16H30N2O2/c1-16(2,3)12-6-5-8-18(9-7-12)15(19)13-10-20-11-14(13)17-4/h12-14,17H,5-11H2,1-4H3. The Balaban J connectivity index is 1.95. The van der Waals surface area contributed by atoms with Crippen molar-refractivity contribution in [3.05, 3.63) is 0 Å². The number of hydrogen-bond donors (Lipinski definition) is 1. The molecule has 4 nitrogen and oxygen atoms in total. The first-order valence-electron chi connectivity index (χ1n) is 7.97. The highest BCUT2D eigenvalue weighted by molar-refractivity contribution is 5.80. The number of nitrogens with one attached hydrogen (secondary N) is 1. The van der Waals surface area contributed by atoms with Crippen molar-refractivity contribution in [1.82, 2.24) is 10.2 Å². The number of hydrogen-bond acceptors (Lipinski definition) is 3. The van der Waals surface area contributed by atoms with E-state index in [1.54, 1.807) is 0 Å². The van der Waals surface area contributed by atoms with E-state index in [-0.39, 0.29) is 17.9 Å². The largest absolute Gasteiger partial charge is 0.379 e. The number of amides is 1. The molecule has 0 aromatic heterocycles. The summed E-state index contributed by atoms with van der Waals surface area (Å²) >= 11 is 0. The Bertz CT molecular complexity index is 338. The van der Waals surface area contributed by atoms with Gasteiger partial charge in [-0.15, -0.1) is 0 Å². The number of rotatable bonds is 2. The lowest BCUT2D eigenvalue weighted by molar-refractivity contribution is -0.136. The summed E-state index contributed by atoms with van der Waals surface area (Å²) in [6.07, 6.45) is 3.50. The molecule has 0 spiro atoms. The Labute approximate surface area is 123 Å². The predicted molar refractivity (Wildman–Crippen MR) is 80.5 cm³/mol. The van der Waals surface area contributed by atoms with E-state index >= 15 is 0 Å². The fourth-order valence-corrected chi connectivity index (χ4v) is 3.50. The number of nitrogens with zero attached hydrogens (tertiary/aromatic N) is 1. The molecule has 2 rings (SSSR count). The Morgan fingerprint density at radius 2 is 1.95 bits per heavy atom. The minimum atomic E-state index is 0.00573. The smallest absolute Gasteiger partial charge is 0.229 e. The van der Waals surface area contributed by atoms with Crippen molar-refractivity contribution in [2.45, 2.75) is 46.1 Å². The molecule has 0 radical (unpaired) electrons. The van der Waals surface area contributed by atoms with Gasteiger partial charge in [-0.25, -0.2) is 0 Å². The van der Waals surface area contributed by atoms with Gasteiger partial charge in [-0.2, -0.15) is 0 Å². The van der Waals surface area contributed by atoms with Gasteiger partial charge in [-0.1, -0.05) is 20.8 Å². The van der Waals surface area contributed by atoms with Crippen molar-refractivity contribution < 1.29 is 9.53 Å². The van der Waals surface area contributed by atoms with E-state index in [0.29, 0.717) is 18.6 Å². The van der Waals surface area contributed by atoms with Crippen LogP contribution in [-0.2, 0) is 9.53 Å². The highest BCUT2D eigenvalue weighted by atomic mass is 16.5. The summed E-state index contributed by atoms with van der Waals surface area (Å²) in [6.45, 7) is 10.0. The van der Waals surface area contributed by atoms with Crippen LogP contribution in [-0.4, -0.2) is 50.2 Å². The van der Waals surface area contributed by atoms with Crippen LogP contribution in [0.2, 0.25) is 0 Å². The molecular formula is C16H30N2O2. The molecule has 3 unspecified atom stereocenters. The quantitative estimate of drug-likeness (QED) is 0.841. The molecule has 0 bridgehead atoms. The molecule has 116 valence electrons. The van der Waals surface area contributed by atoms with Gasteiger partial charge < -0.3 is 15.0 Å². The van der Waals surface area contributed by atoms with Gasteiger partial charge in [0.15, 0.2) is 0 Å². The molecular weight excluding hydrogens is 252 g/mol. The van der Waals surface area contributed by atoms with Crippen LogP contribution in [0.25, 0.3) is 0 Å². The van der Waals surface area contributed by atoms with Crippen LogP contribution in [0.5, 0.6) is 0 Å². The molecule has 20 heavy (non-hydrogen) atoms. The fraction of sp³-hybridized carbons (Fsp3) is 0.938. The van der Waals surface area contributed by atoms with E-state index < -0.39 is 0 Å². The lowest BCUT2D eigenvalue weighted by atomic mass is 9.77. The van der Waals surface area contributed by atoms with Crippen LogP contribution in [0.3, 0.4) is 0 Å². The molecule has 2 heterocycles. The summed E-state index contributed by atoms with van der Waals surface area (Å²) in [6, 6.07) is 0.184. The summed E-state index contributed by atoms with van der Waals surface area (Å²) in [7, 11) is 1.91. The number of likely N-dealkylation sites (N-methyl/N-ethyl adjacent to an activating group) is 1. The van der Waals surface area contributed by atoms with Crippen LogP contribution in [0.1, 0.15) is 40.0 Å². The molecule has 2 fully saturated rings. The number of carbonyl (C=O) groups excluding carboxylic acids is 1. The maximum absolute atomic E-state index is 12.7. The maximum Gasteiger partial charge on any atom is 0.229 e. The zero-order valence-electron chi connectivity index (χ0n) is 13.4. The van der Waals surface area contributed by atoms with Crippen molar-refractivity contribution in [1.29, 1.82) is 0 Å². The van der Waals surface area contributed by atoms with Gasteiger partial charge in [0.05, 0.1) is 19.1 Å². The van der Waals surface area contributed by atoms with Gasteiger partial charge in [0.25, 0.3) is 0 Å². The van der Waals surface area contributed by atoms with Crippen molar-refractivity contribution in [2.75, 3.05) is 33.4 Å². The molecule has 2 aliphatic rings. The normalized spacial score (nSPS) is 32.2. The average Bonchev–Trinajstić information content (AvgIpc) is 2.71. The summed E-state index contributed by atoms with van der Waals surface area (Å²) in [4.78, 5) is 14.8. The Morgan fingerprint density at radius 1 is 1.20 bits per heavy atom. The predicted octanol–water partition coefficient (Wildman–Crippen LogP) is 1.90.